The predicted octanol–water partition coefficient (Wildman–Crippen LogP) is 3.26. The Balaban J connectivity index is 1.36. The maximum atomic E-state index is 13.7. The van der Waals surface area contributed by atoms with Crippen molar-refractivity contribution in [3.63, 3.8) is 0 Å². The van der Waals surface area contributed by atoms with Crippen LogP contribution in [-0.4, -0.2) is 85.8 Å². The summed E-state index contributed by atoms with van der Waals surface area (Å²) in [5.74, 6) is -2.05. The maximum Gasteiger partial charge on any atom is 0.408 e. The Hall–Kier alpha value is -3.06. The number of hydrogen-bond donors (Lipinski definition) is 2. The first kappa shape index (κ1) is 29.4. The van der Waals surface area contributed by atoms with E-state index in [4.69, 9.17) is 14.2 Å². The van der Waals surface area contributed by atoms with Crippen molar-refractivity contribution >= 4 is 52.0 Å². The highest BCUT2D eigenvalue weighted by Gasteiger charge is 2.49. The molecule has 41 heavy (non-hydrogen) atoms. The molecule has 222 valence electrons. The molecule has 0 aromatic carbocycles. The number of rotatable bonds is 6. The second kappa shape index (κ2) is 11.0. The van der Waals surface area contributed by atoms with Gasteiger partial charge < -0.3 is 24.4 Å². The van der Waals surface area contributed by atoms with Crippen molar-refractivity contribution < 1.29 is 37.0 Å². The molecule has 0 saturated carbocycles. The molecule has 17 heteroatoms. The van der Waals surface area contributed by atoms with E-state index in [1.54, 1.807) is 13.8 Å². The van der Waals surface area contributed by atoms with E-state index in [2.05, 4.69) is 47.8 Å². The van der Waals surface area contributed by atoms with Crippen LogP contribution in [-0.2, 0) is 9.47 Å². The van der Waals surface area contributed by atoms with Crippen molar-refractivity contribution in [1.82, 2.24) is 25.3 Å². The lowest BCUT2D eigenvalue weighted by Crippen LogP contribution is -2.62. The molecule has 2 saturated heterocycles. The number of aromatic nitrogens is 4. The predicted molar refractivity (Wildman–Crippen MR) is 147 cm³/mol. The lowest BCUT2D eigenvalue weighted by atomic mass is 10.0. The number of carbonyl (C=O) groups excluding carboxylic acids is 2. The number of alkyl halides is 4. The lowest BCUT2D eigenvalue weighted by Gasteiger charge is -2.50. The fourth-order valence-electron chi connectivity index (χ4n) is 4.71. The first-order valence-corrected chi connectivity index (χ1v) is 13.9. The number of hydrogen-bond acceptors (Lipinski definition) is 10. The van der Waals surface area contributed by atoms with Gasteiger partial charge in [0.2, 0.25) is 17.7 Å². The summed E-state index contributed by atoms with van der Waals surface area (Å²) in [7, 11) is 0. The van der Waals surface area contributed by atoms with Crippen molar-refractivity contribution in [2.75, 3.05) is 41.4 Å². The monoisotopic (exact) mass is 692 g/mol. The average molecular weight is 692 g/mol. The van der Waals surface area contributed by atoms with Crippen LogP contribution in [0.5, 0.6) is 5.88 Å². The fourth-order valence-corrected chi connectivity index (χ4v) is 5.95. The number of urea groups is 1. The highest BCUT2D eigenvalue weighted by atomic mass is 127. The molecule has 2 fully saturated rings. The number of anilines is 3. The molecule has 3 atom stereocenters. The standard InChI is InChI=1S/C24H28F3IN8O5/c1-13(24(25,26)27)31-19(37)17-30-9-15-18(33-17)36(23(28)6-4-8-35(15)12-23)21(38)34-20-29-7-5-16(32-20)39-10-14-11-40-22(2,3)41-14/h5,7,9,13-14H,4,6,8,10-12H2,1-3H3,(H,31,37)(H,29,32,34,38)/t13-,14-,23?/m1/s1. The summed E-state index contributed by atoms with van der Waals surface area (Å²) in [6, 6.07) is -1.22. The summed E-state index contributed by atoms with van der Waals surface area (Å²) in [6.45, 7) is 6.09. The number of nitrogens with zero attached hydrogens (tertiary/aromatic N) is 6. The molecule has 2 bridgehead atoms. The summed E-state index contributed by atoms with van der Waals surface area (Å²) in [5, 5.41) is 4.51. The number of ether oxygens (including phenoxy) is 3. The molecule has 0 spiro atoms. The van der Waals surface area contributed by atoms with Crippen molar-refractivity contribution in [3.8, 4) is 5.88 Å². The molecule has 3 amide bonds. The number of piperidine rings is 1. The smallest absolute Gasteiger partial charge is 0.408 e. The zero-order valence-corrected chi connectivity index (χ0v) is 24.5. The second-order valence-electron chi connectivity index (χ2n) is 10.3. The summed E-state index contributed by atoms with van der Waals surface area (Å²) in [5.41, 5.74) is 0.479. The Labute approximate surface area is 246 Å². The van der Waals surface area contributed by atoms with E-state index in [1.807, 2.05) is 10.2 Å². The minimum absolute atomic E-state index is 0.0396. The third-order valence-corrected chi connectivity index (χ3v) is 8.07. The Kier molecular flexibility index (Phi) is 7.88. The Morgan fingerprint density at radius 3 is 2.78 bits per heavy atom. The molecule has 0 radical (unpaired) electrons. The van der Waals surface area contributed by atoms with E-state index in [0.717, 1.165) is 13.3 Å². The zero-order chi connectivity index (χ0) is 29.6. The molecular weight excluding hydrogens is 664 g/mol. The molecule has 13 nitrogen and oxygen atoms in total. The molecule has 2 aromatic heterocycles. The van der Waals surface area contributed by atoms with Crippen molar-refractivity contribution in [3.05, 3.63) is 24.3 Å². The van der Waals surface area contributed by atoms with Crippen LogP contribution in [0.25, 0.3) is 0 Å². The zero-order valence-electron chi connectivity index (χ0n) is 22.4. The number of nitrogens with one attached hydrogen (secondary N) is 2. The van der Waals surface area contributed by atoms with Crippen molar-refractivity contribution in [2.24, 2.45) is 0 Å². The minimum atomic E-state index is -4.64. The van der Waals surface area contributed by atoms with Gasteiger partial charge in [-0.3, -0.25) is 15.0 Å². The van der Waals surface area contributed by atoms with Crippen LogP contribution >= 0.6 is 22.6 Å². The summed E-state index contributed by atoms with van der Waals surface area (Å²) in [6.07, 6.45) is -0.790. The Morgan fingerprint density at radius 1 is 1.29 bits per heavy atom. The highest BCUT2D eigenvalue weighted by molar-refractivity contribution is 14.1. The molecule has 2 aromatic rings. The molecule has 3 aliphatic rings. The normalized spacial score (nSPS) is 23.9. The summed E-state index contributed by atoms with van der Waals surface area (Å²) >= 11 is 2.16. The van der Waals surface area contributed by atoms with Crippen LogP contribution in [0.3, 0.4) is 0 Å². The SMILES string of the molecule is C[C@@H](NC(=O)c1ncc2c(n1)N(C(=O)Nc1nccc(OC[C@@H]3COC(C)(C)O3)n1)C1(I)CCCN2C1)C(F)(F)F. The highest BCUT2D eigenvalue weighted by Crippen LogP contribution is 2.46. The largest absolute Gasteiger partial charge is 0.475 e. The van der Waals surface area contributed by atoms with Crippen LogP contribution < -0.4 is 25.2 Å². The lowest BCUT2D eigenvalue weighted by molar-refractivity contribution is -0.149. The fraction of sp³-hybridized carbons (Fsp3) is 0.583. The third-order valence-electron chi connectivity index (χ3n) is 6.70. The molecule has 0 aliphatic carbocycles. The maximum absolute atomic E-state index is 13.7. The van der Waals surface area contributed by atoms with E-state index in [9.17, 15) is 22.8 Å². The van der Waals surface area contributed by atoms with Crippen LogP contribution in [0.4, 0.5) is 35.4 Å². The molecule has 5 rings (SSSR count). The summed E-state index contributed by atoms with van der Waals surface area (Å²) < 4.78 is 55.2. The van der Waals surface area contributed by atoms with E-state index >= 15 is 0 Å². The van der Waals surface area contributed by atoms with Crippen LogP contribution in [0.15, 0.2) is 18.5 Å². The van der Waals surface area contributed by atoms with Gasteiger partial charge in [0.1, 0.15) is 22.3 Å². The van der Waals surface area contributed by atoms with Gasteiger partial charge in [-0.1, -0.05) is 22.6 Å². The van der Waals surface area contributed by atoms with E-state index < -0.39 is 39.3 Å². The number of amides is 3. The third kappa shape index (κ3) is 6.40. The molecule has 2 N–H and O–H groups in total. The van der Waals surface area contributed by atoms with Crippen molar-refractivity contribution in [2.45, 2.75) is 61.3 Å². The molecule has 5 heterocycles. The Morgan fingerprint density at radius 2 is 2.07 bits per heavy atom. The van der Waals surface area contributed by atoms with Gasteiger partial charge in [-0.05, 0) is 33.6 Å². The molecular formula is C24H28F3IN8O5. The van der Waals surface area contributed by atoms with Gasteiger partial charge in [-0.2, -0.15) is 18.2 Å². The van der Waals surface area contributed by atoms with Gasteiger partial charge in [0.05, 0.1) is 25.0 Å². The topological polar surface area (TPSA) is 144 Å². The Bertz CT molecular complexity index is 1330. The van der Waals surface area contributed by atoms with Gasteiger partial charge in [0.15, 0.2) is 11.6 Å². The first-order valence-electron chi connectivity index (χ1n) is 12.8. The first-order chi connectivity index (χ1) is 19.2. The van der Waals surface area contributed by atoms with Gasteiger partial charge in [-0.25, -0.2) is 19.7 Å². The molecule has 3 aliphatic heterocycles. The number of carbonyl (C=O) groups is 2. The van der Waals surface area contributed by atoms with E-state index in [0.29, 0.717) is 31.8 Å². The van der Waals surface area contributed by atoms with Gasteiger partial charge >= 0.3 is 12.2 Å². The summed E-state index contributed by atoms with van der Waals surface area (Å²) in [4.78, 5) is 46.3. The quantitative estimate of drug-likeness (QED) is 0.263. The minimum Gasteiger partial charge on any atom is -0.475 e. The van der Waals surface area contributed by atoms with E-state index in [1.165, 1.54) is 23.4 Å². The van der Waals surface area contributed by atoms with Gasteiger partial charge in [-0.15, -0.1) is 0 Å². The van der Waals surface area contributed by atoms with E-state index in [-0.39, 0.29) is 30.4 Å². The van der Waals surface area contributed by atoms with Crippen LogP contribution in [0, 0.1) is 0 Å². The molecule has 1 unspecified atom stereocenters. The average Bonchev–Trinajstić information content (AvgIpc) is 3.25. The van der Waals surface area contributed by atoms with Crippen LogP contribution in [0.2, 0.25) is 0 Å². The van der Waals surface area contributed by atoms with Gasteiger partial charge in [0, 0.05) is 18.8 Å². The van der Waals surface area contributed by atoms with Crippen molar-refractivity contribution in [1.29, 1.82) is 0 Å². The van der Waals surface area contributed by atoms with Crippen LogP contribution in [0.1, 0.15) is 44.2 Å². The second-order valence-corrected chi connectivity index (χ2v) is 12.3. The number of halogens is 4. The van der Waals surface area contributed by atoms with Gasteiger partial charge in [0.25, 0.3) is 5.91 Å². The number of fused-ring (bicyclic) bond motifs is 4.